The van der Waals surface area contributed by atoms with Gasteiger partial charge in [-0.2, -0.15) is 0 Å². The fraction of sp³-hybridized carbons (Fsp3) is 1.00. The SMILES string of the molecule is CC(CNC(C)(C)C)CC1CCCO1. The predicted octanol–water partition coefficient (Wildman–Crippen LogP) is 2.58. The number of ether oxygens (including phenoxy) is 1. The Morgan fingerprint density at radius 1 is 1.43 bits per heavy atom. The molecular formula is C12H25NO. The van der Waals surface area contributed by atoms with Crippen LogP contribution in [0.5, 0.6) is 0 Å². The van der Waals surface area contributed by atoms with Gasteiger partial charge in [0.1, 0.15) is 0 Å². The zero-order valence-electron chi connectivity index (χ0n) is 10.1. The van der Waals surface area contributed by atoms with Gasteiger partial charge >= 0.3 is 0 Å². The summed E-state index contributed by atoms with van der Waals surface area (Å²) in [5.74, 6) is 0.720. The molecule has 1 heterocycles. The topological polar surface area (TPSA) is 21.3 Å². The third kappa shape index (κ3) is 4.97. The van der Waals surface area contributed by atoms with Gasteiger partial charge in [0.2, 0.25) is 0 Å². The molecule has 1 N–H and O–H groups in total. The van der Waals surface area contributed by atoms with Crippen molar-refractivity contribution >= 4 is 0 Å². The average Bonchev–Trinajstić information content (AvgIpc) is 2.52. The van der Waals surface area contributed by atoms with Crippen LogP contribution in [0.25, 0.3) is 0 Å². The van der Waals surface area contributed by atoms with Crippen LogP contribution in [0.15, 0.2) is 0 Å². The van der Waals surface area contributed by atoms with E-state index in [1.165, 1.54) is 19.3 Å². The van der Waals surface area contributed by atoms with Crippen molar-refractivity contribution in [2.45, 2.75) is 58.6 Å². The molecule has 0 radical (unpaired) electrons. The summed E-state index contributed by atoms with van der Waals surface area (Å²) in [6.07, 6.45) is 4.26. The molecule has 0 saturated carbocycles. The monoisotopic (exact) mass is 199 g/mol. The Balaban J connectivity index is 2.12. The summed E-state index contributed by atoms with van der Waals surface area (Å²) in [6, 6.07) is 0. The van der Waals surface area contributed by atoms with Crippen LogP contribution >= 0.6 is 0 Å². The van der Waals surface area contributed by atoms with E-state index in [9.17, 15) is 0 Å². The minimum absolute atomic E-state index is 0.241. The number of hydrogen-bond acceptors (Lipinski definition) is 2. The first-order valence-corrected chi connectivity index (χ1v) is 5.84. The highest BCUT2D eigenvalue weighted by atomic mass is 16.5. The molecular weight excluding hydrogens is 174 g/mol. The van der Waals surface area contributed by atoms with Crippen LogP contribution in [-0.2, 0) is 4.74 Å². The molecule has 2 nitrogen and oxygen atoms in total. The second kappa shape index (κ2) is 5.13. The van der Waals surface area contributed by atoms with Gasteiger partial charge in [-0.15, -0.1) is 0 Å². The molecule has 1 saturated heterocycles. The van der Waals surface area contributed by atoms with Gasteiger partial charge in [0, 0.05) is 12.1 Å². The Labute approximate surface area is 88.4 Å². The van der Waals surface area contributed by atoms with Crippen LogP contribution in [0.4, 0.5) is 0 Å². The molecule has 0 aromatic heterocycles. The van der Waals surface area contributed by atoms with Crippen molar-refractivity contribution in [3.05, 3.63) is 0 Å². The van der Waals surface area contributed by atoms with Crippen LogP contribution in [-0.4, -0.2) is 24.8 Å². The van der Waals surface area contributed by atoms with Crippen LogP contribution in [0, 0.1) is 5.92 Å². The predicted molar refractivity (Wildman–Crippen MR) is 60.5 cm³/mol. The number of rotatable bonds is 4. The molecule has 0 aliphatic carbocycles. The average molecular weight is 199 g/mol. The van der Waals surface area contributed by atoms with Crippen molar-refractivity contribution in [1.29, 1.82) is 0 Å². The lowest BCUT2D eigenvalue weighted by molar-refractivity contribution is 0.0907. The van der Waals surface area contributed by atoms with E-state index in [-0.39, 0.29) is 5.54 Å². The number of hydrogen-bond donors (Lipinski definition) is 1. The Morgan fingerprint density at radius 3 is 2.64 bits per heavy atom. The lowest BCUT2D eigenvalue weighted by atomic mass is 10.00. The zero-order valence-corrected chi connectivity index (χ0v) is 10.1. The van der Waals surface area contributed by atoms with Crippen LogP contribution in [0.3, 0.4) is 0 Å². The highest BCUT2D eigenvalue weighted by Crippen LogP contribution is 2.19. The van der Waals surface area contributed by atoms with Gasteiger partial charge in [-0.3, -0.25) is 0 Å². The molecule has 1 rings (SSSR count). The molecule has 0 spiro atoms. The summed E-state index contributed by atoms with van der Waals surface area (Å²) in [6.45, 7) is 11.0. The van der Waals surface area contributed by atoms with E-state index in [0.717, 1.165) is 19.1 Å². The third-order valence-electron chi connectivity index (χ3n) is 2.67. The number of nitrogens with one attached hydrogen (secondary N) is 1. The molecule has 2 atom stereocenters. The zero-order chi connectivity index (χ0) is 10.6. The van der Waals surface area contributed by atoms with Gasteiger partial charge in [0.15, 0.2) is 0 Å². The largest absolute Gasteiger partial charge is 0.378 e. The van der Waals surface area contributed by atoms with E-state index in [4.69, 9.17) is 4.74 Å². The molecule has 0 aromatic rings. The van der Waals surface area contributed by atoms with Gasteiger partial charge in [-0.25, -0.2) is 0 Å². The summed E-state index contributed by atoms with van der Waals surface area (Å²) in [5, 5.41) is 3.54. The molecule has 1 aliphatic heterocycles. The van der Waals surface area contributed by atoms with E-state index in [0.29, 0.717) is 6.10 Å². The fourth-order valence-electron chi connectivity index (χ4n) is 1.84. The summed E-state index contributed by atoms with van der Waals surface area (Å²) in [4.78, 5) is 0. The minimum Gasteiger partial charge on any atom is -0.378 e. The van der Waals surface area contributed by atoms with Crippen molar-refractivity contribution in [1.82, 2.24) is 5.32 Å². The molecule has 2 unspecified atom stereocenters. The van der Waals surface area contributed by atoms with E-state index < -0.39 is 0 Å². The Kier molecular flexibility index (Phi) is 4.39. The molecule has 2 heteroatoms. The highest BCUT2D eigenvalue weighted by molar-refractivity contribution is 4.74. The normalized spacial score (nSPS) is 25.3. The van der Waals surface area contributed by atoms with Gasteiger partial charge in [0.25, 0.3) is 0 Å². The van der Waals surface area contributed by atoms with Crippen molar-refractivity contribution in [2.75, 3.05) is 13.2 Å². The van der Waals surface area contributed by atoms with Crippen molar-refractivity contribution < 1.29 is 4.74 Å². The Hall–Kier alpha value is -0.0800. The van der Waals surface area contributed by atoms with E-state index in [2.05, 4.69) is 33.0 Å². The first-order valence-electron chi connectivity index (χ1n) is 5.84. The maximum atomic E-state index is 5.63. The van der Waals surface area contributed by atoms with Gasteiger partial charge in [-0.05, 0) is 52.5 Å². The van der Waals surface area contributed by atoms with Crippen LogP contribution in [0.1, 0.15) is 47.0 Å². The summed E-state index contributed by atoms with van der Waals surface area (Å²) < 4.78 is 5.63. The fourth-order valence-corrected chi connectivity index (χ4v) is 1.84. The summed E-state index contributed by atoms with van der Waals surface area (Å²) in [5.41, 5.74) is 0.241. The summed E-state index contributed by atoms with van der Waals surface area (Å²) in [7, 11) is 0. The molecule has 0 amide bonds. The van der Waals surface area contributed by atoms with Gasteiger partial charge in [0.05, 0.1) is 6.10 Å². The third-order valence-corrected chi connectivity index (χ3v) is 2.67. The van der Waals surface area contributed by atoms with Gasteiger partial charge in [-0.1, -0.05) is 6.92 Å². The highest BCUT2D eigenvalue weighted by Gasteiger charge is 2.19. The molecule has 14 heavy (non-hydrogen) atoms. The molecule has 84 valence electrons. The minimum atomic E-state index is 0.241. The first-order chi connectivity index (χ1) is 6.47. The van der Waals surface area contributed by atoms with Crippen molar-refractivity contribution in [3.8, 4) is 0 Å². The maximum absolute atomic E-state index is 5.63. The quantitative estimate of drug-likeness (QED) is 0.751. The maximum Gasteiger partial charge on any atom is 0.0579 e. The van der Waals surface area contributed by atoms with E-state index in [1.54, 1.807) is 0 Å². The van der Waals surface area contributed by atoms with Gasteiger partial charge < -0.3 is 10.1 Å². The molecule has 0 bridgehead atoms. The molecule has 1 fully saturated rings. The second-order valence-electron chi connectivity index (χ2n) is 5.61. The molecule has 0 aromatic carbocycles. The second-order valence-corrected chi connectivity index (χ2v) is 5.61. The molecule has 1 aliphatic rings. The van der Waals surface area contributed by atoms with E-state index >= 15 is 0 Å². The Morgan fingerprint density at radius 2 is 2.14 bits per heavy atom. The standard InChI is InChI=1S/C12H25NO/c1-10(9-13-12(2,3)4)8-11-6-5-7-14-11/h10-11,13H,5-9H2,1-4H3. The van der Waals surface area contributed by atoms with Crippen molar-refractivity contribution in [2.24, 2.45) is 5.92 Å². The first kappa shape index (κ1) is 12.0. The van der Waals surface area contributed by atoms with E-state index in [1.807, 2.05) is 0 Å². The Bertz CT molecular complexity index is 156. The summed E-state index contributed by atoms with van der Waals surface area (Å²) >= 11 is 0. The van der Waals surface area contributed by atoms with Crippen LogP contribution < -0.4 is 5.32 Å². The lowest BCUT2D eigenvalue weighted by Gasteiger charge is -2.24. The smallest absolute Gasteiger partial charge is 0.0579 e. The van der Waals surface area contributed by atoms with Crippen LogP contribution in [0.2, 0.25) is 0 Å². The van der Waals surface area contributed by atoms with Crippen molar-refractivity contribution in [3.63, 3.8) is 0 Å². The lowest BCUT2D eigenvalue weighted by Crippen LogP contribution is -2.39.